The van der Waals surface area contributed by atoms with Gasteiger partial charge in [0.05, 0.1) is 11.3 Å². The summed E-state index contributed by atoms with van der Waals surface area (Å²) in [5.74, 6) is 0. The Hall–Kier alpha value is -1.55. The van der Waals surface area contributed by atoms with E-state index in [0.29, 0.717) is 5.69 Å². The van der Waals surface area contributed by atoms with Crippen molar-refractivity contribution in [3.05, 3.63) is 29.8 Å². The SMILES string of the molecule is CO[N+](=C(C)c1ccccc1NC(=O)Cl)C(C)C. The van der Waals surface area contributed by atoms with Crippen LogP contribution in [0.3, 0.4) is 0 Å². The zero-order valence-electron chi connectivity index (χ0n) is 11.0. The molecule has 1 amide bonds. The van der Waals surface area contributed by atoms with Crippen LogP contribution < -0.4 is 5.32 Å². The van der Waals surface area contributed by atoms with Crippen LogP contribution in [0, 0.1) is 0 Å². The molecule has 0 radical (unpaired) electrons. The van der Waals surface area contributed by atoms with Gasteiger partial charge in [0.25, 0.3) is 0 Å². The maximum Gasteiger partial charge on any atom is 0.318 e. The van der Waals surface area contributed by atoms with Gasteiger partial charge >= 0.3 is 5.37 Å². The van der Waals surface area contributed by atoms with Gasteiger partial charge in [-0.15, -0.1) is 0 Å². The fraction of sp³-hybridized carbons (Fsp3) is 0.385. The molecule has 0 spiro atoms. The lowest BCUT2D eigenvalue weighted by atomic mass is 10.1. The van der Waals surface area contributed by atoms with E-state index < -0.39 is 5.37 Å². The first-order valence-corrected chi connectivity index (χ1v) is 6.08. The first kappa shape index (κ1) is 14.5. The average Bonchev–Trinajstić information content (AvgIpc) is 2.29. The molecule has 0 aliphatic carbocycles. The van der Waals surface area contributed by atoms with Crippen molar-refractivity contribution in [3.8, 4) is 0 Å². The summed E-state index contributed by atoms with van der Waals surface area (Å²) in [6.07, 6.45) is 0. The maximum atomic E-state index is 11.0. The first-order valence-electron chi connectivity index (χ1n) is 5.70. The van der Waals surface area contributed by atoms with E-state index >= 15 is 0 Å². The number of para-hydroxylation sites is 1. The summed E-state index contributed by atoms with van der Waals surface area (Å²) in [6, 6.07) is 7.64. The normalized spacial score (nSPS) is 12.1. The van der Waals surface area contributed by atoms with Crippen LogP contribution in [-0.4, -0.2) is 29.0 Å². The predicted octanol–water partition coefficient (Wildman–Crippen LogP) is 3.25. The van der Waals surface area contributed by atoms with Gasteiger partial charge in [-0.2, -0.15) is 0 Å². The number of hydroxylamine groups is 1. The lowest BCUT2D eigenvalue weighted by Gasteiger charge is -2.10. The number of carbonyl (C=O) groups is 1. The van der Waals surface area contributed by atoms with Gasteiger partial charge in [-0.25, -0.2) is 0 Å². The van der Waals surface area contributed by atoms with E-state index in [1.54, 1.807) is 17.9 Å². The molecule has 1 aromatic rings. The number of hydrogen-bond acceptors (Lipinski definition) is 2. The molecule has 5 heteroatoms. The molecular weight excluding hydrogens is 252 g/mol. The van der Waals surface area contributed by atoms with Crippen molar-refractivity contribution in [2.45, 2.75) is 26.8 Å². The molecule has 1 rings (SSSR count). The molecule has 1 aromatic carbocycles. The topological polar surface area (TPSA) is 41.3 Å². The number of amides is 1. The molecular formula is C13H18ClN2O2+. The maximum absolute atomic E-state index is 11.0. The molecule has 0 atom stereocenters. The lowest BCUT2D eigenvalue weighted by Crippen LogP contribution is -2.26. The molecule has 0 aromatic heterocycles. The fourth-order valence-electron chi connectivity index (χ4n) is 1.87. The molecule has 18 heavy (non-hydrogen) atoms. The summed E-state index contributed by atoms with van der Waals surface area (Å²) in [5.41, 5.74) is 2.45. The van der Waals surface area contributed by atoms with Crippen molar-refractivity contribution in [1.29, 1.82) is 0 Å². The van der Waals surface area contributed by atoms with Crippen LogP contribution in [-0.2, 0) is 4.84 Å². The monoisotopic (exact) mass is 269 g/mol. The van der Waals surface area contributed by atoms with Gasteiger partial charge in [0.2, 0.25) is 5.71 Å². The van der Waals surface area contributed by atoms with E-state index in [1.807, 2.05) is 39.0 Å². The Morgan fingerprint density at radius 3 is 2.50 bits per heavy atom. The molecule has 0 saturated heterocycles. The van der Waals surface area contributed by atoms with Crippen LogP contribution >= 0.6 is 11.6 Å². The Morgan fingerprint density at radius 2 is 2.00 bits per heavy atom. The van der Waals surface area contributed by atoms with Crippen molar-refractivity contribution in [2.24, 2.45) is 0 Å². The minimum absolute atomic E-state index is 0.190. The van der Waals surface area contributed by atoms with Crippen molar-refractivity contribution in [3.63, 3.8) is 0 Å². The zero-order valence-corrected chi connectivity index (χ0v) is 11.8. The summed E-state index contributed by atoms with van der Waals surface area (Å²) >= 11 is 5.36. The van der Waals surface area contributed by atoms with Crippen LogP contribution in [0.1, 0.15) is 26.3 Å². The van der Waals surface area contributed by atoms with Crippen molar-refractivity contribution >= 4 is 28.4 Å². The van der Waals surface area contributed by atoms with E-state index in [-0.39, 0.29) is 6.04 Å². The predicted molar refractivity (Wildman–Crippen MR) is 73.5 cm³/mol. The molecule has 1 N–H and O–H groups in total. The fourth-order valence-corrected chi connectivity index (χ4v) is 1.97. The van der Waals surface area contributed by atoms with E-state index in [2.05, 4.69) is 5.32 Å². The summed E-state index contributed by atoms with van der Waals surface area (Å²) < 4.78 is 1.78. The minimum Gasteiger partial charge on any atom is -0.312 e. The third kappa shape index (κ3) is 3.47. The number of hydrogen-bond donors (Lipinski definition) is 1. The highest BCUT2D eigenvalue weighted by atomic mass is 35.5. The Balaban J connectivity index is 3.27. The average molecular weight is 270 g/mol. The molecule has 0 unspecified atom stereocenters. The summed E-state index contributed by atoms with van der Waals surface area (Å²) in [6.45, 7) is 5.98. The molecule has 0 bridgehead atoms. The summed E-state index contributed by atoms with van der Waals surface area (Å²) in [4.78, 5) is 16.3. The molecule has 4 nitrogen and oxygen atoms in total. The highest BCUT2D eigenvalue weighted by Gasteiger charge is 2.20. The molecule has 98 valence electrons. The summed E-state index contributed by atoms with van der Waals surface area (Å²) in [7, 11) is 1.62. The second-order valence-electron chi connectivity index (χ2n) is 4.13. The van der Waals surface area contributed by atoms with Gasteiger partial charge in [-0.05, 0) is 28.5 Å². The summed E-state index contributed by atoms with van der Waals surface area (Å²) in [5, 5.41) is 1.99. The molecule has 0 fully saturated rings. The van der Waals surface area contributed by atoms with Crippen LogP contribution in [0.5, 0.6) is 0 Å². The quantitative estimate of drug-likeness (QED) is 0.300. The van der Waals surface area contributed by atoms with Gasteiger partial charge in [0, 0.05) is 20.8 Å². The number of rotatable bonds is 4. The van der Waals surface area contributed by atoms with E-state index in [1.165, 1.54) is 0 Å². The van der Waals surface area contributed by atoms with E-state index in [0.717, 1.165) is 11.3 Å². The Morgan fingerprint density at radius 1 is 1.39 bits per heavy atom. The van der Waals surface area contributed by atoms with E-state index in [9.17, 15) is 4.79 Å². The van der Waals surface area contributed by atoms with E-state index in [4.69, 9.17) is 16.4 Å². The lowest BCUT2D eigenvalue weighted by molar-refractivity contribution is -0.799. The third-order valence-electron chi connectivity index (χ3n) is 2.55. The highest BCUT2D eigenvalue weighted by molar-refractivity contribution is 6.65. The van der Waals surface area contributed by atoms with Crippen molar-refractivity contribution in [2.75, 3.05) is 12.4 Å². The number of halogens is 1. The molecule has 0 saturated carbocycles. The largest absolute Gasteiger partial charge is 0.318 e. The van der Waals surface area contributed by atoms with Crippen LogP contribution in [0.15, 0.2) is 24.3 Å². The standard InChI is InChI=1S/C13H17ClN2O2/c1-9(2)16(18-4)10(3)11-7-5-6-8-12(11)15-13(14)17/h5-9H,1-4H3/p+1. The van der Waals surface area contributed by atoms with Crippen molar-refractivity contribution in [1.82, 2.24) is 0 Å². The smallest absolute Gasteiger partial charge is 0.312 e. The number of nitrogens with one attached hydrogen (secondary N) is 1. The zero-order chi connectivity index (χ0) is 13.7. The number of carbonyl (C=O) groups excluding carboxylic acids is 1. The first-order chi connectivity index (χ1) is 8.47. The van der Waals surface area contributed by atoms with Gasteiger partial charge in [-0.1, -0.05) is 12.1 Å². The molecule has 0 heterocycles. The molecule has 0 aliphatic rings. The van der Waals surface area contributed by atoms with Gasteiger partial charge in [0.1, 0.15) is 7.11 Å². The van der Waals surface area contributed by atoms with Crippen molar-refractivity contribution < 1.29 is 14.4 Å². The third-order valence-corrected chi connectivity index (χ3v) is 2.64. The number of anilines is 1. The highest BCUT2D eigenvalue weighted by Crippen LogP contribution is 2.17. The second kappa shape index (κ2) is 6.40. The van der Waals surface area contributed by atoms with Gasteiger partial charge < -0.3 is 5.32 Å². The Labute approximate surface area is 112 Å². The van der Waals surface area contributed by atoms with Crippen LogP contribution in [0.2, 0.25) is 0 Å². The number of benzene rings is 1. The van der Waals surface area contributed by atoms with Crippen LogP contribution in [0.25, 0.3) is 0 Å². The molecule has 0 aliphatic heterocycles. The van der Waals surface area contributed by atoms with Crippen LogP contribution in [0.4, 0.5) is 10.5 Å². The minimum atomic E-state index is -0.608. The Kier molecular flexibility index (Phi) is 5.16. The van der Waals surface area contributed by atoms with Gasteiger partial charge in [0.15, 0.2) is 6.04 Å². The Bertz CT molecular complexity index is 470. The second-order valence-corrected chi connectivity index (χ2v) is 4.48. The van der Waals surface area contributed by atoms with Gasteiger partial charge in [-0.3, -0.25) is 9.63 Å². The number of nitrogens with zero attached hydrogens (tertiary/aromatic N) is 1.